The largest absolute Gasteiger partial charge is 0.623 e. The normalized spacial score (nSPS) is 13.9. The first-order valence-electron chi connectivity index (χ1n) is 8.80. The van der Waals surface area contributed by atoms with Crippen molar-refractivity contribution in [1.29, 1.82) is 0 Å². The van der Waals surface area contributed by atoms with Crippen LogP contribution in [-0.4, -0.2) is 30.4 Å². The van der Waals surface area contributed by atoms with E-state index < -0.39 is 5.54 Å². The van der Waals surface area contributed by atoms with Crippen LogP contribution in [0.3, 0.4) is 0 Å². The van der Waals surface area contributed by atoms with Gasteiger partial charge in [-0.25, -0.2) is 4.74 Å². The molecule has 0 radical (unpaired) electrons. The molecule has 0 atom stereocenters. The quantitative estimate of drug-likeness (QED) is 0.253. The number of nitrogens with zero attached hydrogens (tertiary/aromatic N) is 1. The van der Waals surface area contributed by atoms with Gasteiger partial charge in [-0.15, -0.1) is 0 Å². The maximum atomic E-state index is 12.4. The first-order chi connectivity index (χ1) is 11.2. The summed E-state index contributed by atoms with van der Waals surface area (Å²) in [7, 11) is 1.62. The summed E-state index contributed by atoms with van der Waals surface area (Å²) in [5, 5.41) is 12.4. The molecular weight excluding hydrogens is 314 g/mol. The molecular formula is C21H35NO3. The summed E-state index contributed by atoms with van der Waals surface area (Å²) in [6.45, 7) is 18.8. The van der Waals surface area contributed by atoms with E-state index in [-0.39, 0.29) is 17.6 Å². The van der Waals surface area contributed by atoms with Crippen LogP contribution in [0.1, 0.15) is 79.0 Å². The highest BCUT2D eigenvalue weighted by molar-refractivity contribution is 5.78. The first kappa shape index (κ1) is 21.5. The molecule has 142 valence electrons. The second-order valence-corrected chi connectivity index (χ2v) is 9.62. The van der Waals surface area contributed by atoms with Crippen LogP contribution in [0.25, 0.3) is 0 Å². The molecule has 0 aliphatic rings. The fraction of sp³-hybridized carbons (Fsp3) is 0.667. The number of hydroxylamine groups is 1. The van der Waals surface area contributed by atoms with Crippen LogP contribution in [0.4, 0.5) is 0 Å². The topological polar surface area (TPSA) is 44.5 Å². The van der Waals surface area contributed by atoms with Crippen molar-refractivity contribution in [3.63, 3.8) is 0 Å². The van der Waals surface area contributed by atoms with E-state index in [0.717, 1.165) is 27.2 Å². The predicted molar refractivity (Wildman–Crippen MR) is 105 cm³/mol. The molecule has 4 nitrogen and oxygen atoms in total. The number of hydrogen-bond acceptors (Lipinski definition) is 3. The van der Waals surface area contributed by atoms with Gasteiger partial charge in [-0.3, -0.25) is 0 Å². The molecule has 0 unspecified atom stereocenters. The van der Waals surface area contributed by atoms with Crippen LogP contribution in [0, 0.1) is 5.21 Å². The fourth-order valence-electron chi connectivity index (χ4n) is 2.44. The maximum absolute atomic E-state index is 12.4. The Balaban J connectivity index is 3.70. The number of ether oxygens (including phenoxy) is 2. The summed E-state index contributed by atoms with van der Waals surface area (Å²) in [6, 6.07) is 4.10. The second-order valence-electron chi connectivity index (χ2n) is 9.62. The Kier molecular flexibility index (Phi) is 6.33. The predicted octanol–water partition coefficient (Wildman–Crippen LogP) is 4.99. The minimum atomic E-state index is -0.477. The summed E-state index contributed by atoms with van der Waals surface area (Å²) in [6.07, 6.45) is 1.67. The van der Waals surface area contributed by atoms with Crippen molar-refractivity contribution < 1.29 is 14.2 Å². The van der Waals surface area contributed by atoms with Crippen LogP contribution in [-0.2, 0) is 15.6 Å². The van der Waals surface area contributed by atoms with E-state index in [1.807, 2.05) is 20.8 Å². The Hall–Kier alpha value is -1.55. The average Bonchev–Trinajstić information content (AvgIpc) is 2.42. The molecule has 0 N–H and O–H groups in total. The number of benzene rings is 1. The summed E-state index contributed by atoms with van der Waals surface area (Å²) in [5.41, 5.74) is 2.32. The highest BCUT2D eigenvalue weighted by atomic mass is 16.7. The molecule has 0 saturated carbocycles. The van der Waals surface area contributed by atoms with Crippen molar-refractivity contribution in [2.75, 3.05) is 13.9 Å². The summed E-state index contributed by atoms with van der Waals surface area (Å²) < 4.78 is 12.1. The monoisotopic (exact) mass is 349 g/mol. The molecule has 0 fully saturated rings. The SMILES string of the molecule is COCOc1c(C(C)(C)C)cc(/C=[N+](\[O-])C(C)(C)C)cc1C(C)(C)C. The molecule has 0 saturated heterocycles. The Labute approximate surface area is 153 Å². The molecule has 0 heterocycles. The third-order valence-corrected chi connectivity index (χ3v) is 3.98. The zero-order valence-electron chi connectivity index (χ0n) is 17.6. The van der Waals surface area contributed by atoms with Crippen molar-refractivity contribution in [2.45, 2.75) is 78.7 Å². The van der Waals surface area contributed by atoms with Gasteiger partial charge in [-0.05, 0) is 23.0 Å². The van der Waals surface area contributed by atoms with Gasteiger partial charge in [0.15, 0.2) is 18.5 Å². The fourth-order valence-corrected chi connectivity index (χ4v) is 2.44. The van der Waals surface area contributed by atoms with Gasteiger partial charge in [0.1, 0.15) is 5.75 Å². The van der Waals surface area contributed by atoms with Gasteiger partial charge in [0.05, 0.1) is 0 Å². The van der Waals surface area contributed by atoms with Crippen molar-refractivity contribution >= 4 is 6.21 Å². The summed E-state index contributed by atoms with van der Waals surface area (Å²) >= 11 is 0. The van der Waals surface area contributed by atoms with Crippen molar-refractivity contribution in [3.05, 3.63) is 34.0 Å². The second kappa shape index (κ2) is 7.36. The number of methoxy groups -OCH3 is 1. The van der Waals surface area contributed by atoms with E-state index in [1.165, 1.54) is 0 Å². The molecule has 0 aliphatic heterocycles. The van der Waals surface area contributed by atoms with Gasteiger partial charge in [0.2, 0.25) is 0 Å². The molecule has 0 amide bonds. The minimum Gasteiger partial charge on any atom is -0.623 e. The molecule has 1 aromatic carbocycles. The Bertz CT molecular complexity index is 591. The summed E-state index contributed by atoms with van der Waals surface area (Å²) in [5.74, 6) is 0.854. The highest BCUT2D eigenvalue weighted by Crippen LogP contribution is 2.40. The minimum absolute atomic E-state index is 0.123. The molecule has 4 heteroatoms. The molecule has 0 aromatic heterocycles. The van der Waals surface area contributed by atoms with Gasteiger partial charge in [-0.1, -0.05) is 41.5 Å². The molecule has 0 bridgehead atoms. The zero-order valence-corrected chi connectivity index (χ0v) is 17.6. The van der Waals surface area contributed by atoms with E-state index in [4.69, 9.17) is 9.47 Å². The smallest absolute Gasteiger partial charge is 0.188 e. The van der Waals surface area contributed by atoms with Gasteiger partial charge >= 0.3 is 0 Å². The van der Waals surface area contributed by atoms with Crippen LogP contribution in [0.15, 0.2) is 12.1 Å². The molecule has 1 aromatic rings. The molecule has 25 heavy (non-hydrogen) atoms. The molecule has 0 spiro atoms. The Morgan fingerprint density at radius 3 is 1.68 bits per heavy atom. The van der Waals surface area contributed by atoms with Gasteiger partial charge < -0.3 is 14.7 Å². The van der Waals surface area contributed by atoms with Crippen LogP contribution in [0.2, 0.25) is 0 Å². The molecule has 1 rings (SSSR count). The molecule has 0 aliphatic carbocycles. The zero-order chi connectivity index (χ0) is 19.6. The summed E-state index contributed by atoms with van der Waals surface area (Å²) in [4.78, 5) is 0. The van der Waals surface area contributed by atoms with Crippen LogP contribution >= 0.6 is 0 Å². The standard InChI is InChI=1S/C21H35NO3/c1-19(2,3)16-11-15(13-22(23)21(7,8)9)12-17(20(4,5)6)18(16)25-14-24-10/h11-13H,14H2,1-10H3/b22-13-. The lowest BCUT2D eigenvalue weighted by Gasteiger charge is -2.30. The average molecular weight is 350 g/mol. The van der Waals surface area contributed by atoms with Gasteiger partial charge in [-0.2, -0.15) is 0 Å². The lowest BCUT2D eigenvalue weighted by molar-refractivity contribution is -0.530. The Morgan fingerprint density at radius 2 is 1.36 bits per heavy atom. The van der Waals surface area contributed by atoms with Gasteiger partial charge in [0, 0.05) is 44.6 Å². The maximum Gasteiger partial charge on any atom is 0.188 e. The van der Waals surface area contributed by atoms with E-state index in [1.54, 1.807) is 13.3 Å². The van der Waals surface area contributed by atoms with Crippen molar-refractivity contribution in [1.82, 2.24) is 0 Å². The van der Waals surface area contributed by atoms with Crippen LogP contribution in [0.5, 0.6) is 5.75 Å². The van der Waals surface area contributed by atoms with E-state index in [0.29, 0.717) is 0 Å². The highest BCUT2D eigenvalue weighted by Gasteiger charge is 2.28. The first-order valence-corrected chi connectivity index (χ1v) is 8.80. The van der Waals surface area contributed by atoms with Crippen molar-refractivity contribution in [3.8, 4) is 5.75 Å². The third-order valence-electron chi connectivity index (χ3n) is 3.98. The third kappa shape index (κ3) is 5.74. The number of rotatable bonds is 4. The Morgan fingerprint density at radius 1 is 0.920 bits per heavy atom. The lowest BCUT2D eigenvalue weighted by Crippen LogP contribution is -2.29. The van der Waals surface area contributed by atoms with E-state index in [2.05, 4.69) is 53.7 Å². The van der Waals surface area contributed by atoms with Crippen molar-refractivity contribution in [2.24, 2.45) is 0 Å². The lowest BCUT2D eigenvalue weighted by atomic mass is 9.78. The van der Waals surface area contributed by atoms with Crippen LogP contribution < -0.4 is 4.74 Å². The van der Waals surface area contributed by atoms with E-state index in [9.17, 15) is 5.21 Å². The van der Waals surface area contributed by atoms with E-state index >= 15 is 0 Å². The van der Waals surface area contributed by atoms with Gasteiger partial charge in [0.25, 0.3) is 0 Å². The number of hydrogen-bond donors (Lipinski definition) is 0.